The standard InChI is InChI=1S/C33H46N3O2P/c1-24(2)31-22-13-25(3)23-32(31)38-39(37,30-20-18-29(19-21-30)36(6)7)33(34-27-11-9-8-10-12-27)26-14-16-28(17-15-26)35(4)5/h8-12,14-21,24-25,31-34H,13,22-23H2,1-7H3/t25-,31-,32+,33-,39-/m0/s1. The fourth-order valence-electron chi connectivity index (χ4n) is 5.68. The first-order chi connectivity index (χ1) is 18.6. The van der Waals surface area contributed by atoms with E-state index >= 15 is 4.57 Å². The maximum atomic E-state index is 15.7. The minimum Gasteiger partial charge on any atom is -0.378 e. The van der Waals surface area contributed by atoms with Crippen LogP contribution in [0, 0.1) is 17.8 Å². The Hall–Kier alpha value is -2.75. The van der Waals surface area contributed by atoms with Gasteiger partial charge in [-0.25, -0.2) is 0 Å². The molecule has 39 heavy (non-hydrogen) atoms. The van der Waals surface area contributed by atoms with Crippen molar-refractivity contribution >= 4 is 29.7 Å². The summed E-state index contributed by atoms with van der Waals surface area (Å²) in [6.45, 7) is 6.84. The van der Waals surface area contributed by atoms with Gasteiger partial charge in [0.15, 0.2) is 0 Å². The second-order valence-electron chi connectivity index (χ2n) is 11.9. The van der Waals surface area contributed by atoms with Gasteiger partial charge in [0.25, 0.3) is 7.37 Å². The molecule has 1 N–H and O–H groups in total. The lowest BCUT2D eigenvalue weighted by Crippen LogP contribution is -2.35. The Balaban J connectivity index is 1.85. The highest BCUT2D eigenvalue weighted by molar-refractivity contribution is 7.67. The van der Waals surface area contributed by atoms with Gasteiger partial charge < -0.3 is 19.6 Å². The third-order valence-corrected chi connectivity index (χ3v) is 10.8. The van der Waals surface area contributed by atoms with E-state index in [0.717, 1.165) is 40.8 Å². The first kappa shape index (κ1) is 29.2. The van der Waals surface area contributed by atoms with Crippen molar-refractivity contribution in [3.63, 3.8) is 0 Å². The van der Waals surface area contributed by atoms with Crippen molar-refractivity contribution < 1.29 is 9.09 Å². The molecule has 1 fully saturated rings. The van der Waals surface area contributed by atoms with Gasteiger partial charge in [0.1, 0.15) is 5.78 Å². The van der Waals surface area contributed by atoms with E-state index in [2.05, 4.69) is 60.2 Å². The molecule has 1 aliphatic carbocycles. The van der Waals surface area contributed by atoms with Crippen molar-refractivity contribution in [2.75, 3.05) is 43.3 Å². The van der Waals surface area contributed by atoms with E-state index in [4.69, 9.17) is 4.52 Å². The third-order valence-electron chi connectivity index (χ3n) is 8.12. The molecular formula is C33H46N3O2P. The van der Waals surface area contributed by atoms with Crippen LogP contribution in [0.15, 0.2) is 78.9 Å². The maximum Gasteiger partial charge on any atom is 0.258 e. The molecule has 0 aromatic heterocycles. The SMILES string of the molecule is CC(C)[C@@H]1CC[C@H](C)C[C@H]1O[P@@](=O)(c1ccc(N(C)C)cc1)[C@H](Nc1ccccc1)c1ccc(N(C)C)cc1. The molecule has 3 aromatic rings. The van der Waals surface area contributed by atoms with Crippen molar-refractivity contribution in [2.24, 2.45) is 17.8 Å². The highest BCUT2D eigenvalue weighted by atomic mass is 31.2. The zero-order chi connectivity index (χ0) is 28.2. The third kappa shape index (κ3) is 6.88. The zero-order valence-corrected chi connectivity index (χ0v) is 25.6. The first-order valence-corrected chi connectivity index (χ1v) is 15.9. The van der Waals surface area contributed by atoms with Crippen LogP contribution in [0.1, 0.15) is 51.4 Å². The van der Waals surface area contributed by atoms with Crippen molar-refractivity contribution in [1.29, 1.82) is 0 Å². The molecule has 6 heteroatoms. The van der Waals surface area contributed by atoms with Crippen molar-refractivity contribution in [1.82, 2.24) is 0 Å². The van der Waals surface area contributed by atoms with E-state index in [1.54, 1.807) is 0 Å². The lowest BCUT2D eigenvalue weighted by molar-refractivity contribution is 0.0489. The minimum absolute atomic E-state index is 0.0609. The number of para-hydroxylation sites is 1. The quantitative estimate of drug-likeness (QED) is 0.261. The number of rotatable bonds is 10. The Morgan fingerprint density at radius 1 is 0.821 bits per heavy atom. The van der Waals surface area contributed by atoms with Crippen LogP contribution in [-0.4, -0.2) is 34.3 Å². The predicted octanol–water partition coefficient (Wildman–Crippen LogP) is 8.01. The normalized spacial score (nSPS) is 21.7. The molecule has 5 atom stereocenters. The monoisotopic (exact) mass is 547 g/mol. The molecule has 210 valence electrons. The topological polar surface area (TPSA) is 44.8 Å². The Morgan fingerprint density at radius 2 is 1.38 bits per heavy atom. The van der Waals surface area contributed by atoms with Crippen molar-refractivity contribution in [3.05, 3.63) is 84.4 Å². The van der Waals surface area contributed by atoms with Crippen LogP contribution < -0.4 is 20.4 Å². The number of nitrogens with zero attached hydrogens (tertiary/aromatic N) is 2. The Bertz CT molecular complexity index is 1230. The number of nitrogens with one attached hydrogen (secondary N) is 1. The molecule has 0 radical (unpaired) electrons. The number of hydrogen-bond acceptors (Lipinski definition) is 5. The van der Waals surface area contributed by atoms with Crippen LogP contribution in [0.4, 0.5) is 17.1 Å². The van der Waals surface area contributed by atoms with Crippen molar-refractivity contribution in [3.8, 4) is 0 Å². The second kappa shape index (κ2) is 12.6. The summed E-state index contributed by atoms with van der Waals surface area (Å²) in [5.41, 5.74) is 4.04. The molecule has 0 aliphatic heterocycles. The summed E-state index contributed by atoms with van der Waals surface area (Å²) in [6, 6.07) is 26.5. The van der Waals surface area contributed by atoms with E-state index in [9.17, 15) is 0 Å². The van der Waals surface area contributed by atoms with Gasteiger partial charge >= 0.3 is 0 Å². The molecule has 0 unspecified atom stereocenters. The van der Waals surface area contributed by atoms with Crippen LogP contribution in [0.5, 0.6) is 0 Å². The molecule has 0 heterocycles. The maximum absolute atomic E-state index is 15.7. The predicted molar refractivity (Wildman–Crippen MR) is 168 cm³/mol. The molecule has 0 spiro atoms. The zero-order valence-electron chi connectivity index (χ0n) is 24.7. The minimum atomic E-state index is -3.47. The fraction of sp³-hybridized carbons (Fsp3) is 0.455. The van der Waals surface area contributed by atoms with E-state index in [0.29, 0.717) is 17.8 Å². The van der Waals surface area contributed by atoms with Gasteiger partial charge in [-0.1, -0.05) is 57.5 Å². The van der Waals surface area contributed by atoms with Crippen LogP contribution in [0.2, 0.25) is 0 Å². The summed E-state index contributed by atoms with van der Waals surface area (Å²) >= 11 is 0. The van der Waals surface area contributed by atoms with Gasteiger partial charge in [-0.2, -0.15) is 0 Å². The molecule has 0 saturated heterocycles. The van der Waals surface area contributed by atoms with Gasteiger partial charge in [-0.3, -0.25) is 4.57 Å². The lowest BCUT2D eigenvalue weighted by atomic mass is 9.75. The molecular weight excluding hydrogens is 501 g/mol. The number of anilines is 3. The Morgan fingerprint density at radius 3 is 1.92 bits per heavy atom. The number of hydrogen-bond donors (Lipinski definition) is 1. The van der Waals surface area contributed by atoms with Gasteiger partial charge in [-0.05, 0) is 84.7 Å². The van der Waals surface area contributed by atoms with Gasteiger partial charge in [0.2, 0.25) is 0 Å². The van der Waals surface area contributed by atoms with Gasteiger partial charge in [0, 0.05) is 50.6 Å². The summed E-state index contributed by atoms with van der Waals surface area (Å²) in [7, 11) is 4.64. The van der Waals surface area contributed by atoms with Gasteiger partial charge in [-0.15, -0.1) is 0 Å². The van der Waals surface area contributed by atoms with Crippen LogP contribution in [0.25, 0.3) is 0 Å². The van der Waals surface area contributed by atoms with Crippen LogP contribution >= 0.6 is 7.37 Å². The fourth-order valence-corrected chi connectivity index (χ4v) is 8.31. The summed E-state index contributed by atoms with van der Waals surface area (Å²) in [6.07, 6.45) is 3.18. The molecule has 4 rings (SSSR count). The smallest absolute Gasteiger partial charge is 0.258 e. The molecule has 1 saturated carbocycles. The Kier molecular flexibility index (Phi) is 9.46. The summed E-state index contributed by atoms with van der Waals surface area (Å²) in [4.78, 5) is 4.14. The Labute approximate surface area is 236 Å². The van der Waals surface area contributed by atoms with E-state index < -0.39 is 13.2 Å². The van der Waals surface area contributed by atoms with Gasteiger partial charge in [0.05, 0.1) is 6.10 Å². The molecule has 3 aromatic carbocycles. The van der Waals surface area contributed by atoms with Crippen molar-refractivity contribution in [2.45, 2.75) is 51.9 Å². The molecule has 1 aliphatic rings. The summed E-state index contributed by atoms with van der Waals surface area (Å²) in [5.74, 6) is 0.858. The molecule has 0 bridgehead atoms. The molecule has 5 nitrogen and oxygen atoms in total. The summed E-state index contributed by atoms with van der Waals surface area (Å²) in [5, 5.41) is 4.40. The first-order valence-electron chi connectivity index (χ1n) is 14.2. The van der Waals surface area contributed by atoms with E-state index in [1.165, 1.54) is 6.42 Å². The van der Waals surface area contributed by atoms with Crippen LogP contribution in [-0.2, 0) is 9.09 Å². The molecule has 0 amide bonds. The highest BCUT2D eigenvalue weighted by Crippen LogP contribution is 2.61. The summed E-state index contributed by atoms with van der Waals surface area (Å²) < 4.78 is 22.7. The average Bonchev–Trinajstić information content (AvgIpc) is 2.92. The largest absolute Gasteiger partial charge is 0.378 e. The second-order valence-corrected chi connectivity index (χ2v) is 14.3. The van der Waals surface area contributed by atoms with E-state index in [-0.39, 0.29) is 6.10 Å². The number of benzene rings is 3. The average molecular weight is 548 g/mol. The van der Waals surface area contributed by atoms with Crippen LogP contribution in [0.3, 0.4) is 0 Å². The highest BCUT2D eigenvalue weighted by Gasteiger charge is 2.43. The van der Waals surface area contributed by atoms with E-state index in [1.807, 2.05) is 82.8 Å². The lowest BCUT2D eigenvalue weighted by Gasteiger charge is -2.41.